The van der Waals surface area contributed by atoms with Crippen molar-refractivity contribution in [2.45, 2.75) is 12.5 Å². The average Bonchev–Trinajstić information content (AvgIpc) is 2.92. The first-order valence-electron chi connectivity index (χ1n) is 12.2. The third-order valence-electron chi connectivity index (χ3n) is 6.25. The number of hydrogen-bond acceptors (Lipinski definition) is 5. The van der Waals surface area contributed by atoms with E-state index in [1.165, 1.54) is 17.2 Å². The van der Waals surface area contributed by atoms with Crippen molar-refractivity contribution in [3.05, 3.63) is 108 Å². The zero-order chi connectivity index (χ0) is 25.2. The molecule has 4 rings (SSSR count). The molecule has 2 aromatic carbocycles. The molecule has 0 radical (unpaired) electrons. The van der Waals surface area contributed by atoms with Crippen LogP contribution < -0.4 is 5.32 Å². The summed E-state index contributed by atoms with van der Waals surface area (Å²) in [5.74, 6) is -0.238. The summed E-state index contributed by atoms with van der Waals surface area (Å²) in [6, 6.07) is 24.4. The molecule has 0 atom stereocenters. The van der Waals surface area contributed by atoms with Gasteiger partial charge in [-0.25, -0.2) is 8.42 Å². The van der Waals surface area contributed by atoms with E-state index in [4.69, 9.17) is 0 Å². The van der Waals surface area contributed by atoms with E-state index >= 15 is 0 Å². The molecule has 0 saturated carbocycles. The Morgan fingerprint density at radius 3 is 2.14 bits per heavy atom. The molecule has 3 aromatic rings. The first kappa shape index (κ1) is 25.8. The minimum atomic E-state index is -3.39. The molecule has 0 aliphatic carbocycles. The summed E-state index contributed by atoms with van der Waals surface area (Å²) in [5.41, 5.74) is 3.23. The Morgan fingerprint density at radius 1 is 0.917 bits per heavy atom. The lowest BCUT2D eigenvalue weighted by Crippen LogP contribution is -2.50. The van der Waals surface area contributed by atoms with Gasteiger partial charge in [-0.05, 0) is 35.3 Å². The Bertz CT molecular complexity index is 1190. The van der Waals surface area contributed by atoms with Crippen LogP contribution in [0, 0.1) is 0 Å². The molecule has 0 unspecified atom stereocenters. The van der Waals surface area contributed by atoms with Gasteiger partial charge in [0.25, 0.3) is 0 Å². The lowest BCUT2D eigenvalue weighted by atomic mass is 9.96. The number of amides is 1. The highest BCUT2D eigenvalue weighted by atomic mass is 32.2. The van der Waals surface area contributed by atoms with Crippen LogP contribution in [-0.2, 0) is 14.8 Å². The van der Waals surface area contributed by atoms with Crippen molar-refractivity contribution >= 4 is 22.0 Å². The van der Waals surface area contributed by atoms with Gasteiger partial charge >= 0.3 is 0 Å². The number of pyridine rings is 1. The molecule has 1 N–H and O–H groups in total. The topological polar surface area (TPSA) is 82.6 Å². The summed E-state index contributed by atoms with van der Waals surface area (Å²) in [7, 11) is -3.39. The Kier molecular flexibility index (Phi) is 9.00. The summed E-state index contributed by atoms with van der Waals surface area (Å²) in [5, 5.41) is 2.75. The summed E-state index contributed by atoms with van der Waals surface area (Å²) in [6.07, 6.45) is 6.81. The second-order valence-electron chi connectivity index (χ2n) is 8.74. The minimum absolute atomic E-state index is 0.0143. The van der Waals surface area contributed by atoms with E-state index in [9.17, 15) is 13.2 Å². The monoisotopic (exact) mass is 504 g/mol. The second kappa shape index (κ2) is 12.6. The van der Waals surface area contributed by atoms with Gasteiger partial charge in [0.1, 0.15) is 0 Å². The van der Waals surface area contributed by atoms with Crippen LogP contribution in [0.4, 0.5) is 0 Å². The molecule has 1 aliphatic heterocycles. The van der Waals surface area contributed by atoms with Crippen LogP contribution in [0.25, 0.3) is 6.08 Å². The molecular formula is C28H32N4O3S. The maximum atomic E-state index is 12.9. The molecule has 0 spiro atoms. The predicted octanol–water partition coefficient (Wildman–Crippen LogP) is 3.34. The predicted molar refractivity (Wildman–Crippen MR) is 143 cm³/mol. The number of nitrogens with one attached hydrogen (secondary N) is 1. The fourth-order valence-electron chi connectivity index (χ4n) is 4.43. The highest BCUT2D eigenvalue weighted by Gasteiger charge is 2.31. The third-order valence-corrected chi connectivity index (χ3v) is 8.21. The Labute approximate surface area is 213 Å². The molecule has 0 bridgehead atoms. The molecule has 8 heteroatoms. The summed E-state index contributed by atoms with van der Waals surface area (Å²) in [4.78, 5) is 18.3. The van der Waals surface area contributed by atoms with Gasteiger partial charge in [0.15, 0.2) is 0 Å². The van der Waals surface area contributed by atoms with E-state index < -0.39 is 10.0 Å². The lowest BCUT2D eigenvalue weighted by molar-refractivity contribution is -0.116. The van der Waals surface area contributed by atoms with Crippen molar-refractivity contribution < 1.29 is 13.2 Å². The van der Waals surface area contributed by atoms with Crippen molar-refractivity contribution in [2.75, 3.05) is 38.5 Å². The second-order valence-corrected chi connectivity index (χ2v) is 10.8. The largest absolute Gasteiger partial charge is 0.353 e. The molecule has 2 heterocycles. The van der Waals surface area contributed by atoms with Gasteiger partial charge in [-0.1, -0.05) is 66.7 Å². The number of nitrogens with zero attached hydrogens (tertiary/aromatic N) is 3. The molecule has 36 heavy (non-hydrogen) atoms. The molecule has 1 amide bonds. The maximum Gasteiger partial charge on any atom is 0.244 e. The summed E-state index contributed by atoms with van der Waals surface area (Å²) in [6.45, 7) is 2.53. The Balaban J connectivity index is 1.27. The minimum Gasteiger partial charge on any atom is -0.353 e. The molecule has 188 valence electrons. The zero-order valence-corrected chi connectivity index (χ0v) is 21.1. The van der Waals surface area contributed by atoms with Crippen LogP contribution in [0.2, 0.25) is 0 Å². The van der Waals surface area contributed by atoms with Crippen LogP contribution in [0.15, 0.2) is 91.3 Å². The van der Waals surface area contributed by atoms with Gasteiger partial charge in [0.2, 0.25) is 15.9 Å². The number of carbonyl (C=O) groups is 1. The first-order chi connectivity index (χ1) is 17.5. The smallest absolute Gasteiger partial charge is 0.244 e. The molecule has 1 saturated heterocycles. The van der Waals surface area contributed by atoms with E-state index in [1.807, 2.05) is 42.5 Å². The molecule has 7 nitrogen and oxygen atoms in total. The average molecular weight is 505 g/mol. The van der Waals surface area contributed by atoms with E-state index in [0.717, 1.165) is 5.56 Å². The van der Waals surface area contributed by atoms with Crippen molar-refractivity contribution in [1.29, 1.82) is 0 Å². The third kappa shape index (κ3) is 7.10. The van der Waals surface area contributed by atoms with Gasteiger partial charge < -0.3 is 5.32 Å². The van der Waals surface area contributed by atoms with Crippen LogP contribution >= 0.6 is 0 Å². The van der Waals surface area contributed by atoms with Crippen LogP contribution in [0.5, 0.6) is 0 Å². The maximum absolute atomic E-state index is 12.9. The Morgan fingerprint density at radius 2 is 1.56 bits per heavy atom. The van der Waals surface area contributed by atoms with E-state index in [1.54, 1.807) is 28.8 Å². The first-order valence-corrected chi connectivity index (χ1v) is 13.8. The van der Waals surface area contributed by atoms with Gasteiger partial charge in [-0.2, -0.15) is 4.31 Å². The van der Waals surface area contributed by atoms with Crippen molar-refractivity contribution in [3.63, 3.8) is 0 Å². The van der Waals surface area contributed by atoms with Crippen molar-refractivity contribution in [2.24, 2.45) is 0 Å². The number of sulfonamides is 1. The molecule has 1 aromatic heterocycles. The summed E-state index contributed by atoms with van der Waals surface area (Å²) >= 11 is 0. The van der Waals surface area contributed by atoms with Crippen LogP contribution in [-0.4, -0.2) is 67.0 Å². The van der Waals surface area contributed by atoms with Gasteiger partial charge in [0.05, 0.1) is 11.8 Å². The molecular weight excluding hydrogens is 472 g/mol. The number of carbonyl (C=O) groups excluding carboxylic acids is 1. The van der Waals surface area contributed by atoms with E-state index in [0.29, 0.717) is 39.1 Å². The molecule has 1 fully saturated rings. The van der Waals surface area contributed by atoms with Gasteiger partial charge in [-0.3, -0.25) is 14.7 Å². The highest BCUT2D eigenvalue weighted by molar-refractivity contribution is 7.89. The highest BCUT2D eigenvalue weighted by Crippen LogP contribution is 2.29. The number of benzene rings is 2. The SMILES string of the molecule is O=C(C=Cc1cccnc1)NCCCS(=O)(=O)N1CCN(C(c2ccccc2)c2ccccc2)CC1. The number of rotatable bonds is 10. The fourth-order valence-corrected chi connectivity index (χ4v) is 5.91. The van der Waals surface area contributed by atoms with Gasteiger partial charge in [0, 0.05) is 51.2 Å². The van der Waals surface area contributed by atoms with E-state index in [-0.39, 0.29) is 17.7 Å². The standard InChI is InChI=1S/C28H32N4O3S/c33-27(15-14-24-9-7-16-29-23-24)30-17-8-22-36(34,35)32-20-18-31(19-21-32)28(25-10-3-1-4-11-25)26-12-5-2-6-13-26/h1-7,9-16,23,28H,8,17-22H2,(H,30,33). The number of hydrogen-bond donors (Lipinski definition) is 1. The van der Waals surface area contributed by atoms with Crippen molar-refractivity contribution in [1.82, 2.24) is 19.5 Å². The van der Waals surface area contributed by atoms with Crippen LogP contribution in [0.3, 0.4) is 0 Å². The normalized spacial score (nSPS) is 15.4. The van der Waals surface area contributed by atoms with E-state index in [2.05, 4.69) is 39.5 Å². The molecule has 1 aliphatic rings. The lowest BCUT2D eigenvalue weighted by Gasteiger charge is -2.39. The summed E-state index contributed by atoms with van der Waals surface area (Å²) < 4.78 is 27.4. The number of aromatic nitrogens is 1. The van der Waals surface area contributed by atoms with Crippen molar-refractivity contribution in [3.8, 4) is 0 Å². The number of piperazine rings is 1. The van der Waals surface area contributed by atoms with Gasteiger partial charge in [-0.15, -0.1) is 0 Å². The zero-order valence-electron chi connectivity index (χ0n) is 20.2. The quantitative estimate of drug-likeness (QED) is 0.338. The Hall–Kier alpha value is -3.33. The fraction of sp³-hybridized carbons (Fsp3) is 0.286. The van der Waals surface area contributed by atoms with Crippen LogP contribution in [0.1, 0.15) is 29.2 Å².